The maximum atomic E-state index is 12.2. The van der Waals surface area contributed by atoms with Crippen LogP contribution in [-0.2, 0) is 11.3 Å². The molecule has 2 aromatic rings. The van der Waals surface area contributed by atoms with Crippen molar-refractivity contribution in [3.05, 3.63) is 65.7 Å². The number of amides is 1. The largest absolute Gasteiger partial charge is 0.324 e. The van der Waals surface area contributed by atoms with Crippen molar-refractivity contribution in [3.8, 4) is 0 Å². The first-order chi connectivity index (χ1) is 10.2. The smallest absolute Gasteiger partial charge is 0.279 e. The van der Waals surface area contributed by atoms with Gasteiger partial charge in [0.15, 0.2) is 6.54 Å². The molecule has 3 nitrogen and oxygen atoms in total. The molecule has 0 spiro atoms. The minimum Gasteiger partial charge on any atom is -0.324 e. The third-order valence-electron chi connectivity index (χ3n) is 3.51. The number of carbonyl (C=O) groups excluding carboxylic acids is 1. The van der Waals surface area contributed by atoms with E-state index in [4.69, 9.17) is 0 Å². The van der Waals surface area contributed by atoms with E-state index in [9.17, 15) is 4.79 Å². The van der Waals surface area contributed by atoms with Crippen LogP contribution in [0.5, 0.6) is 0 Å². The number of carbonyl (C=O) groups is 1. The van der Waals surface area contributed by atoms with E-state index in [1.54, 1.807) is 0 Å². The first-order valence-corrected chi connectivity index (χ1v) is 7.41. The topological polar surface area (TPSA) is 33.5 Å². The predicted octanol–water partition coefficient (Wildman–Crippen LogP) is 2.04. The number of benzene rings is 2. The molecule has 3 heteroatoms. The van der Waals surface area contributed by atoms with Crippen LogP contribution >= 0.6 is 0 Å². The molecule has 0 aliphatic heterocycles. The molecule has 0 saturated heterocycles. The number of hydrogen-bond acceptors (Lipinski definition) is 1. The Morgan fingerprint density at radius 3 is 2.52 bits per heavy atom. The highest BCUT2D eigenvalue weighted by atomic mass is 16.2. The van der Waals surface area contributed by atoms with Gasteiger partial charge in [-0.05, 0) is 31.5 Å². The number of aryl methyl sites for hydroxylation is 1. The molecular formula is C18H23N2O+. The van der Waals surface area contributed by atoms with Gasteiger partial charge in [-0.2, -0.15) is 0 Å². The minimum absolute atomic E-state index is 0.0633. The lowest BCUT2D eigenvalue weighted by molar-refractivity contribution is -0.903. The summed E-state index contributed by atoms with van der Waals surface area (Å²) in [5.41, 5.74) is 3.28. The molecule has 0 aliphatic rings. The van der Waals surface area contributed by atoms with Gasteiger partial charge in [0, 0.05) is 11.3 Å². The van der Waals surface area contributed by atoms with Crippen molar-refractivity contribution in [2.75, 3.05) is 18.4 Å². The third kappa shape index (κ3) is 5.04. The van der Waals surface area contributed by atoms with Crippen molar-refractivity contribution in [3.63, 3.8) is 0 Å². The molecule has 1 atom stereocenters. The highest BCUT2D eigenvalue weighted by Gasteiger charge is 2.13. The minimum atomic E-state index is 0.0633. The summed E-state index contributed by atoms with van der Waals surface area (Å²) in [4.78, 5) is 13.4. The lowest BCUT2D eigenvalue weighted by Crippen LogP contribution is -3.11. The highest BCUT2D eigenvalue weighted by Crippen LogP contribution is 2.08. The van der Waals surface area contributed by atoms with E-state index in [0.717, 1.165) is 24.3 Å². The predicted molar refractivity (Wildman–Crippen MR) is 86.3 cm³/mol. The summed E-state index contributed by atoms with van der Waals surface area (Å²) in [5.74, 6) is 0.0633. The van der Waals surface area contributed by atoms with E-state index in [2.05, 4.69) is 24.4 Å². The van der Waals surface area contributed by atoms with E-state index >= 15 is 0 Å². The lowest BCUT2D eigenvalue weighted by atomic mass is 10.2. The van der Waals surface area contributed by atoms with Gasteiger partial charge in [-0.3, -0.25) is 4.79 Å². The molecule has 2 aromatic carbocycles. The van der Waals surface area contributed by atoms with Crippen LogP contribution in [0.1, 0.15) is 18.1 Å². The van der Waals surface area contributed by atoms with Crippen LogP contribution in [0, 0.1) is 6.92 Å². The Morgan fingerprint density at radius 1 is 1.10 bits per heavy atom. The van der Waals surface area contributed by atoms with Crippen LogP contribution < -0.4 is 10.2 Å². The Hall–Kier alpha value is -2.13. The molecule has 1 amide bonds. The Kier molecular flexibility index (Phi) is 5.52. The van der Waals surface area contributed by atoms with Gasteiger partial charge in [-0.1, -0.05) is 42.5 Å². The van der Waals surface area contributed by atoms with Crippen molar-refractivity contribution >= 4 is 11.6 Å². The Labute approximate surface area is 126 Å². The van der Waals surface area contributed by atoms with Crippen LogP contribution in [0.4, 0.5) is 5.69 Å². The van der Waals surface area contributed by atoms with Gasteiger partial charge in [-0.15, -0.1) is 0 Å². The average molecular weight is 283 g/mol. The van der Waals surface area contributed by atoms with Crippen LogP contribution in [-0.4, -0.2) is 19.0 Å². The summed E-state index contributed by atoms with van der Waals surface area (Å²) in [5, 5.41) is 2.97. The maximum absolute atomic E-state index is 12.2. The second kappa shape index (κ2) is 7.60. The summed E-state index contributed by atoms with van der Waals surface area (Å²) in [6.07, 6.45) is 0. The number of nitrogens with one attached hydrogen (secondary N) is 2. The van der Waals surface area contributed by atoms with Gasteiger partial charge < -0.3 is 10.2 Å². The van der Waals surface area contributed by atoms with Crippen molar-refractivity contribution < 1.29 is 9.69 Å². The van der Waals surface area contributed by atoms with Crippen molar-refractivity contribution in [2.24, 2.45) is 0 Å². The Bertz CT molecular complexity index is 581. The van der Waals surface area contributed by atoms with E-state index in [1.165, 1.54) is 10.5 Å². The average Bonchev–Trinajstić information content (AvgIpc) is 2.47. The SMILES string of the molecule is CC[NH+](CC(=O)Nc1cccc(C)c1)Cc1ccccc1. The van der Waals surface area contributed by atoms with Crippen molar-refractivity contribution in [1.82, 2.24) is 0 Å². The molecule has 21 heavy (non-hydrogen) atoms. The molecule has 0 fully saturated rings. The summed E-state index contributed by atoms with van der Waals surface area (Å²) < 4.78 is 0. The van der Waals surface area contributed by atoms with Crippen LogP contribution in [0.3, 0.4) is 0 Å². The zero-order valence-corrected chi connectivity index (χ0v) is 12.7. The third-order valence-corrected chi connectivity index (χ3v) is 3.51. The summed E-state index contributed by atoms with van der Waals surface area (Å²) in [6.45, 7) is 6.42. The summed E-state index contributed by atoms with van der Waals surface area (Å²) >= 11 is 0. The Morgan fingerprint density at radius 2 is 1.86 bits per heavy atom. The van der Waals surface area contributed by atoms with Gasteiger partial charge in [0.1, 0.15) is 6.54 Å². The second-order valence-corrected chi connectivity index (χ2v) is 5.36. The molecule has 2 rings (SSSR count). The number of anilines is 1. The fraction of sp³-hybridized carbons (Fsp3) is 0.278. The maximum Gasteiger partial charge on any atom is 0.279 e. The molecule has 0 aromatic heterocycles. The molecule has 2 N–H and O–H groups in total. The van der Waals surface area contributed by atoms with E-state index in [0.29, 0.717) is 6.54 Å². The van der Waals surface area contributed by atoms with Crippen molar-refractivity contribution in [2.45, 2.75) is 20.4 Å². The van der Waals surface area contributed by atoms with Gasteiger partial charge in [0.2, 0.25) is 0 Å². The first kappa shape index (κ1) is 15.3. The highest BCUT2D eigenvalue weighted by molar-refractivity contribution is 5.91. The molecule has 0 heterocycles. The van der Waals surface area contributed by atoms with E-state index in [-0.39, 0.29) is 5.91 Å². The molecule has 1 unspecified atom stereocenters. The lowest BCUT2D eigenvalue weighted by Gasteiger charge is -2.17. The molecule has 0 saturated carbocycles. The fourth-order valence-corrected chi connectivity index (χ4v) is 2.35. The zero-order valence-electron chi connectivity index (χ0n) is 12.7. The van der Waals surface area contributed by atoms with Crippen LogP contribution in [0.2, 0.25) is 0 Å². The number of quaternary nitrogens is 1. The van der Waals surface area contributed by atoms with Crippen LogP contribution in [0.15, 0.2) is 54.6 Å². The standard InChI is InChI=1S/C18H22N2O/c1-3-20(13-16-9-5-4-6-10-16)14-18(21)19-17-11-7-8-15(2)12-17/h4-12H,3,13-14H2,1-2H3,(H,19,21)/p+1. The first-order valence-electron chi connectivity index (χ1n) is 7.41. The summed E-state index contributed by atoms with van der Waals surface area (Å²) in [6, 6.07) is 18.2. The number of rotatable bonds is 6. The monoisotopic (exact) mass is 283 g/mol. The van der Waals surface area contributed by atoms with E-state index < -0.39 is 0 Å². The quantitative estimate of drug-likeness (QED) is 0.836. The van der Waals surface area contributed by atoms with E-state index in [1.807, 2.05) is 49.4 Å². The zero-order chi connectivity index (χ0) is 15.1. The summed E-state index contributed by atoms with van der Waals surface area (Å²) in [7, 11) is 0. The Balaban J connectivity index is 1.90. The fourth-order valence-electron chi connectivity index (χ4n) is 2.35. The normalized spacial score (nSPS) is 11.9. The molecule has 110 valence electrons. The number of hydrogen-bond donors (Lipinski definition) is 2. The number of likely N-dealkylation sites (N-methyl/N-ethyl adjacent to an activating group) is 1. The van der Waals surface area contributed by atoms with Gasteiger partial charge in [-0.25, -0.2) is 0 Å². The second-order valence-electron chi connectivity index (χ2n) is 5.36. The van der Waals surface area contributed by atoms with Gasteiger partial charge in [0.05, 0.1) is 6.54 Å². The molecule has 0 radical (unpaired) electrons. The molecule has 0 aliphatic carbocycles. The van der Waals surface area contributed by atoms with Gasteiger partial charge in [0.25, 0.3) is 5.91 Å². The van der Waals surface area contributed by atoms with Crippen LogP contribution in [0.25, 0.3) is 0 Å². The molecular weight excluding hydrogens is 260 g/mol. The molecule has 0 bridgehead atoms. The van der Waals surface area contributed by atoms with Crippen molar-refractivity contribution in [1.29, 1.82) is 0 Å². The van der Waals surface area contributed by atoms with Gasteiger partial charge >= 0.3 is 0 Å².